The summed E-state index contributed by atoms with van der Waals surface area (Å²) in [5, 5.41) is 25.5. The summed E-state index contributed by atoms with van der Waals surface area (Å²) in [5.41, 5.74) is 6.70. The van der Waals surface area contributed by atoms with Gasteiger partial charge >= 0.3 is 5.97 Å². The number of aliphatic hydroxyl groups excluding tert-OH is 1. The lowest BCUT2D eigenvalue weighted by molar-refractivity contribution is -0.161. The SMILES string of the molecule is C[C@@H](O)[C@H]1C(=O)N2C(C(=O)O)=C(S[C@@H]3CN[C@H](c4csc(N)n4)C3)C[C@@H]12. The number of carbonyl (C=O) groups excluding carboxylic acids is 1. The molecule has 1 aromatic heterocycles. The predicted octanol–water partition coefficient (Wildman–Crippen LogP) is 0.769. The molecule has 0 aliphatic carbocycles. The van der Waals surface area contributed by atoms with Crippen LogP contribution in [0.1, 0.15) is 31.5 Å². The second-order valence-electron chi connectivity index (χ2n) is 6.87. The third kappa shape index (κ3) is 2.81. The van der Waals surface area contributed by atoms with Crippen molar-refractivity contribution >= 4 is 40.1 Å². The number of carboxylic acid groups (broad SMARTS) is 1. The van der Waals surface area contributed by atoms with Gasteiger partial charge in [0.15, 0.2) is 5.13 Å². The number of nitrogen functional groups attached to an aromatic ring is 1. The van der Waals surface area contributed by atoms with E-state index in [2.05, 4.69) is 10.3 Å². The third-order valence-corrected chi connectivity index (χ3v) is 7.22. The standard InChI is InChI=1S/C16H20N4O4S2/c1-6(21)12-10-3-11(13(15(23)24)20(10)14(12)22)26-7-2-8(18-4-7)9-5-25-16(17)19-9/h5-8,10,12,18,21H,2-4H2,1H3,(H2,17,19)(H,23,24)/t6-,7+,8+,10+,12-/m1/s1. The van der Waals surface area contributed by atoms with Crippen LogP contribution in [0.3, 0.4) is 0 Å². The van der Waals surface area contributed by atoms with E-state index in [1.54, 1.807) is 6.92 Å². The molecule has 5 atom stereocenters. The van der Waals surface area contributed by atoms with Crippen LogP contribution >= 0.6 is 23.1 Å². The van der Waals surface area contributed by atoms with E-state index in [4.69, 9.17) is 5.73 Å². The highest BCUT2D eigenvalue weighted by Gasteiger charge is 2.57. The zero-order valence-corrected chi connectivity index (χ0v) is 15.7. The molecule has 1 amide bonds. The van der Waals surface area contributed by atoms with E-state index in [-0.39, 0.29) is 28.9 Å². The lowest BCUT2D eigenvalue weighted by Gasteiger charge is -2.44. The number of aromatic nitrogens is 1. The maximum Gasteiger partial charge on any atom is 0.353 e. The monoisotopic (exact) mass is 396 g/mol. The van der Waals surface area contributed by atoms with Gasteiger partial charge in [-0.1, -0.05) is 0 Å². The molecule has 0 aromatic carbocycles. The zero-order valence-electron chi connectivity index (χ0n) is 14.1. The molecule has 8 nitrogen and oxygen atoms in total. The number of thiazole rings is 1. The maximum absolute atomic E-state index is 12.2. The van der Waals surface area contributed by atoms with E-state index in [0.717, 1.165) is 23.6 Å². The molecule has 2 fully saturated rings. The highest BCUT2D eigenvalue weighted by atomic mass is 32.2. The molecule has 2 saturated heterocycles. The van der Waals surface area contributed by atoms with Gasteiger partial charge in [-0.25, -0.2) is 9.78 Å². The summed E-state index contributed by atoms with van der Waals surface area (Å²) in [6.45, 7) is 2.32. The first kappa shape index (κ1) is 17.8. The normalized spacial score (nSPS) is 31.9. The molecule has 0 unspecified atom stereocenters. The minimum atomic E-state index is -1.08. The molecule has 4 rings (SSSR count). The Kier molecular flexibility index (Phi) is 4.46. The maximum atomic E-state index is 12.2. The minimum absolute atomic E-state index is 0.0863. The minimum Gasteiger partial charge on any atom is -0.477 e. The van der Waals surface area contributed by atoms with Gasteiger partial charge < -0.3 is 26.2 Å². The van der Waals surface area contributed by atoms with Crippen molar-refractivity contribution in [1.29, 1.82) is 0 Å². The number of rotatable bonds is 5. The Balaban J connectivity index is 1.48. The number of carbonyl (C=O) groups is 2. The molecule has 10 heteroatoms. The Bertz CT molecular complexity index is 793. The van der Waals surface area contributed by atoms with Gasteiger partial charge in [0.2, 0.25) is 5.91 Å². The molecule has 0 bridgehead atoms. The van der Waals surface area contributed by atoms with Gasteiger partial charge in [0.25, 0.3) is 0 Å². The lowest BCUT2D eigenvalue weighted by atomic mass is 9.83. The summed E-state index contributed by atoms with van der Waals surface area (Å²) in [4.78, 5) is 30.4. The highest BCUT2D eigenvalue weighted by molar-refractivity contribution is 8.03. The summed E-state index contributed by atoms with van der Waals surface area (Å²) >= 11 is 2.93. The number of carboxylic acids is 1. The first-order valence-electron chi connectivity index (χ1n) is 8.45. The number of β-lactam (4-membered cyclic amide) rings is 1. The number of nitrogens with zero attached hydrogens (tertiary/aromatic N) is 2. The lowest BCUT2D eigenvalue weighted by Crippen LogP contribution is -2.61. The molecule has 4 heterocycles. The fraction of sp³-hybridized carbons (Fsp3) is 0.562. The third-order valence-electron chi connectivity index (χ3n) is 5.19. The number of anilines is 1. The number of fused-ring (bicyclic) bond motifs is 1. The summed E-state index contributed by atoms with van der Waals surface area (Å²) in [5.74, 6) is -1.88. The van der Waals surface area contributed by atoms with Crippen LogP contribution in [0.4, 0.5) is 5.13 Å². The van der Waals surface area contributed by atoms with Crippen molar-refractivity contribution in [3.8, 4) is 0 Å². The van der Waals surface area contributed by atoms with E-state index in [1.807, 2.05) is 5.38 Å². The van der Waals surface area contributed by atoms with Crippen LogP contribution in [0, 0.1) is 5.92 Å². The predicted molar refractivity (Wildman–Crippen MR) is 98.3 cm³/mol. The van der Waals surface area contributed by atoms with Crippen molar-refractivity contribution in [2.75, 3.05) is 12.3 Å². The first-order chi connectivity index (χ1) is 12.4. The van der Waals surface area contributed by atoms with Crippen LogP contribution in [0.25, 0.3) is 0 Å². The Hall–Kier alpha value is -1.62. The van der Waals surface area contributed by atoms with Gasteiger partial charge in [0.1, 0.15) is 5.70 Å². The van der Waals surface area contributed by atoms with Crippen molar-refractivity contribution in [2.24, 2.45) is 5.92 Å². The Morgan fingerprint density at radius 3 is 2.96 bits per heavy atom. The van der Waals surface area contributed by atoms with Gasteiger partial charge in [0, 0.05) is 28.5 Å². The smallest absolute Gasteiger partial charge is 0.353 e. The summed E-state index contributed by atoms with van der Waals surface area (Å²) < 4.78 is 0. The highest BCUT2D eigenvalue weighted by Crippen LogP contribution is 2.49. The first-order valence-corrected chi connectivity index (χ1v) is 10.2. The molecule has 0 saturated carbocycles. The molecular formula is C16H20N4O4S2. The average molecular weight is 396 g/mol. The Labute approximate surface area is 158 Å². The van der Waals surface area contributed by atoms with Crippen LogP contribution in [0.2, 0.25) is 0 Å². The van der Waals surface area contributed by atoms with E-state index in [9.17, 15) is 19.8 Å². The van der Waals surface area contributed by atoms with Crippen LogP contribution in [-0.2, 0) is 9.59 Å². The number of aliphatic hydroxyl groups is 1. The van der Waals surface area contributed by atoms with Crippen molar-refractivity contribution in [3.63, 3.8) is 0 Å². The fourth-order valence-electron chi connectivity index (χ4n) is 4.02. The number of amides is 1. The molecule has 1 aromatic rings. The Morgan fingerprint density at radius 1 is 1.58 bits per heavy atom. The fourth-order valence-corrected chi connectivity index (χ4v) is 6.07. The van der Waals surface area contributed by atoms with Crippen molar-refractivity contribution in [1.82, 2.24) is 15.2 Å². The van der Waals surface area contributed by atoms with E-state index in [1.165, 1.54) is 28.0 Å². The van der Waals surface area contributed by atoms with Crippen LogP contribution in [0.15, 0.2) is 16.0 Å². The molecule has 140 valence electrons. The van der Waals surface area contributed by atoms with Crippen molar-refractivity contribution < 1.29 is 19.8 Å². The van der Waals surface area contributed by atoms with Crippen LogP contribution in [0.5, 0.6) is 0 Å². The van der Waals surface area contributed by atoms with Crippen molar-refractivity contribution in [2.45, 2.75) is 43.2 Å². The molecule has 3 aliphatic rings. The second-order valence-corrected chi connectivity index (χ2v) is 9.15. The van der Waals surface area contributed by atoms with Gasteiger partial charge in [0.05, 0.1) is 29.8 Å². The van der Waals surface area contributed by atoms with E-state index in [0.29, 0.717) is 11.6 Å². The molecular weight excluding hydrogens is 376 g/mol. The average Bonchev–Trinajstić information content (AvgIpc) is 3.25. The number of nitrogens with one attached hydrogen (secondary N) is 1. The van der Waals surface area contributed by atoms with Gasteiger partial charge in [-0.15, -0.1) is 23.1 Å². The van der Waals surface area contributed by atoms with Gasteiger partial charge in [-0.3, -0.25) is 4.79 Å². The number of hydrogen-bond acceptors (Lipinski definition) is 8. The van der Waals surface area contributed by atoms with Gasteiger partial charge in [-0.05, 0) is 13.3 Å². The largest absolute Gasteiger partial charge is 0.477 e. The summed E-state index contributed by atoms with van der Waals surface area (Å²) in [6.07, 6.45) is 0.553. The quantitative estimate of drug-likeness (QED) is 0.537. The molecule has 0 spiro atoms. The molecule has 26 heavy (non-hydrogen) atoms. The summed E-state index contributed by atoms with van der Waals surface area (Å²) in [6, 6.07) is -0.125. The molecule has 5 N–H and O–H groups in total. The van der Waals surface area contributed by atoms with E-state index >= 15 is 0 Å². The number of thioether (sulfide) groups is 1. The molecule has 3 aliphatic heterocycles. The second kappa shape index (κ2) is 6.52. The topological polar surface area (TPSA) is 129 Å². The van der Waals surface area contributed by atoms with E-state index < -0.39 is 18.0 Å². The summed E-state index contributed by atoms with van der Waals surface area (Å²) in [7, 11) is 0. The van der Waals surface area contributed by atoms with Gasteiger partial charge in [-0.2, -0.15) is 0 Å². The number of nitrogens with two attached hydrogens (primary N) is 1. The Morgan fingerprint density at radius 2 is 2.35 bits per heavy atom. The van der Waals surface area contributed by atoms with Crippen LogP contribution in [-0.4, -0.2) is 55.9 Å². The van der Waals surface area contributed by atoms with Crippen molar-refractivity contribution in [3.05, 3.63) is 21.7 Å². The zero-order chi connectivity index (χ0) is 18.6. The number of hydrogen-bond donors (Lipinski definition) is 4. The van der Waals surface area contributed by atoms with Crippen LogP contribution < -0.4 is 11.1 Å². The number of aliphatic carboxylic acids is 1. The molecule has 0 radical (unpaired) electrons.